The molecular weight excluding hydrogens is 308 g/mol. The number of amides is 1. The molecule has 0 aliphatic rings. The van der Waals surface area contributed by atoms with Gasteiger partial charge in [-0.3, -0.25) is 9.78 Å². The van der Waals surface area contributed by atoms with Crippen LogP contribution in [0.4, 0.5) is 0 Å². The van der Waals surface area contributed by atoms with E-state index in [1.807, 2.05) is 37.4 Å². The summed E-state index contributed by atoms with van der Waals surface area (Å²) in [4.78, 5) is 16.1. The molecule has 3 aromatic rings. The molecule has 0 radical (unpaired) electrons. The summed E-state index contributed by atoms with van der Waals surface area (Å²) in [6.07, 6.45) is 4.81. The molecule has 0 aliphatic carbocycles. The number of rotatable bonds is 6. The van der Waals surface area contributed by atoms with Crippen molar-refractivity contribution in [3.8, 4) is 11.1 Å². The molecule has 3 heteroatoms. The first kappa shape index (κ1) is 16.9. The highest BCUT2D eigenvalue weighted by atomic mass is 16.1. The molecule has 0 unspecified atom stereocenters. The van der Waals surface area contributed by atoms with Crippen LogP contribution in [0.15, 0.2) is 73.1 Å². The van der Waals surface area contributed by atoms with E-state index in [9.17, 15) is 4.79 Å². The molecule has 1 N–H and O–H groups in total. The fraction of sp³-hybridized carbons (Fsp3) is 0.182. The third-order valence-corrected chi connectivity index (χ3v) is 4.31. The summed E-state index contributed by atoms with van der Waals surface area (Å²) >= 11 is 0. The normalized spacial score (nSPS) is 10.4. The SMILES string of the molecule is Cc1cnccc1CNC(=O)CCc1ccc(-c2ccccc2)cc1. The van der Waals surface area contributed by atoms with Gasteiger partial charge in [0.25, 0.3) is 0 Å². The van der Waals surface area contributed by atoms with Crippen LogP contribution in [0, 0.1) is 6.92 Å². The number of hydrogen-bond donors (Lipinski definition) is 1. The van der Waals surface area contributed by atoms with Gasteiger partial charge >= 0.3 is 0 Å². The molecule has 126 valence electrons. The van der Waals surface area contributed by atoms with Gasteiger partial charge in [-0.15, -0.1) is 0 Å². The Hall–Kier alpha value is -2.94. The molecule has 0 saturated carbocycles. The van der Waals surface area contributed by atoms with Crippen LogP contribution < -0.4 is 5.32 Å². The second kappa shape index (κ2) is 8.25. The summed E-state index contributed by atoms with van der Waals surface area (Å²) < 4.78 is 0. The standard InChI is InChI=1S/C22H22N2O/c1-17-15-23-14-13-21(17)16-24-22(25)12-9-18-7-10-20(11-8-18)19-5-3-2-4-6-19/h2-8,10-11,13-15H,9,12,16H2,1H3,(H,24,25). The Labute approximate surface area is 148 Å². The smallest absolute Gasteiger partial charge is 0.220 e. The second-order valence-corrected chi connectivity index (χ2v) is 6.14. The highest BCUT2D eigenvalue weighted by Crippen LogP contribution is 2.19. The van der Waals surface area contributed by atoms with Crippen LogP contribution in [0.3, 0.4) is 0 Å². The number of hydrogen-bond acceptors (Lipinski definition) is 2. The lowest BCUT2D eigenvalue weighted by atomic mass is 10.0. The van der Waals surface area contributed by atoms with Crippen LogP contribution >= 0.6 is 0 Å². The number of nitrogens with zero attached hydrogens (tertiary/aromatic N) is 1. The zero-order valence-corrected chi connectivity index (χ0v) is 14.4. The Morgan fingerprint density at radius 3 is 2.40 bits per heavy atom. The number of aromatic nitrogens is 1. The summed E-state index contributed by atoms with van der Waals surface area (Å²) in [6, 6.07) is 20.7. The van der Waals surface area contributed by atoms with Crippen LogP contribution in [-0.4, -0.2) is 10.9 Å². The minimum absolute atomic E-state index is 0.0725. The van der Waals surface area contributed by atoms with E-state index in [4.69, 9.17) is 0 Å². The molecule has 25 heavy (non-hydrogen) atoms. The lowest BCUT2D eigenvalue weighted by Gasteiger charge is -2.08. The van der Waals surface area contributed by atoms with Gasteiger partial charge in [0.2, 0.25) is 5.91 Å². The molecule has 3 nitrogen and oxygen atoms in total. The Kier molecular flexibility index (Phi) is 5.57. The van der Waals surface area contributed by atoms with Crippen molar-refractivity contribution < 1.29 is 4.79 Å². The Morgan fingerprint density at radius 2 is 1.68 bits per heavy atom. The monoisotopic (exact) mass is 330 g/mol. The van der Waals surface area contributed by atoms with E-state index in [1.165, 1.54) is 16.7 Å². The average Bonchev–Trinajstić information content (AvgIpc) is 2.67. The highest BCUT2D eigenvalue weighted by Gasteiger charge is 2.04. The summed E-state index contributed by atoms with van der Waals surface area (Å²) in [7, 11) is 0. The first-order valence-corrected chi connectivity index (χ1v) is 8.53. The highest BCUT2D eigenvalue weighted by molar-refractivity contribution is 5.76. The van der Waals surface area contributed by atoms with Gasteiger partial charge in [0, 0.05) is 25.4 Å². The van der Waals surface area contributed by atoms with E-state index in [0.717, 1.165) is 17.5 Å². The molecule has 1 heterocycles. The Balaban J connectivity index is 1.50. The Bertz CT molecular complexity index is 826. The number of benzene rings is 2. The van der Waals surface area contributed by atoms with E-state index in [1.54, 1.807) is 6.20 Å². The minimum atomic E-state index is 0.0725. The zero-order chi connectivity index (χ0) is 17.5. The van der Waals surface area contributed by atoms with E-state index >= 15 is 0 Å². The lowest BCUT2D eigenvalue weighted by molar-refractivity contribution is -0.121. The largest absolute Gasteiger partial charge is 0.352 e. The lowest BCUT2D eigenvalue weighted by Crippen LogP contribution is -2.23. The predicted molar refractivity (Wildman–Crippen MR) is 101 cm³/mol. The molecule has 1 amide bonds. The van der Waals surface area contributed by atoms with Crippen molar-refractivity contribution in [2.24, 2.45) is 0 Å². The quantitative estimate of drug-likeness (QED) is 0.732. The van der Waals surface area contributed by atoms with Gasteiger partial charge in [-0.25, -0.2) is 0 Å². The number of aryl methyl sites for hydroxylation is 2. The third-order valence-electron chi connectivity index (χ3n) is 4.31. The van der Waals surface area contributed by atoms with Crippen LogP contribution in [0.5, 0.6) is 0 Å². The van der Waals surface area contributed by atoms with Crippen LogP contribution in [0.2, 0.25) is 0 Å². The molecule has 3 rings (SSSR count). The molecular formula is C22H22N2O. The summed E-state index contributed by atoms with van der Waals surface area (Å²) in [6.45, 7) is 2.56. The van der Waals surface area contributed by atoms with E-state index in [0.29, 0.717) is 13.0 Å². The van der Waals surface area contributed by atoms with Crippen molar-refractivity contribution in [2.45, 2.75) is 26.3 Å². The van der Waals surface area contributed by atoms with Crippen molar-refractivity contribution in [3.05, 3.63) is 89.7 Å². The molecule has 0 bridgehead atoms. The van der Waals surface area contributed by atoms with Gasteiger partial charge in [-0.2, -0.15) is 0 Å². The van der Waals surface area contributed by atoms with Gasteiger partial charge in [0.1, 0.15) is 0 Å². The van der Waals surface area contributed by atoms with E-state index in [2.05, 4.69) is 46.7 Å². The minimum Gasteiger partial charge on any atom is -0.352 e. The maximum absolute atomic E-state index is 12.1. The molecule has 0 aliphatic heterocycles. The summed E-state index contributed by atoms with van der Waals surface area (Å²) in [5, 5.41) is 2.98. The fourth-order valence-corrected chi connectivity index (χ4v) is 2.74. The van der Waals surface area contributed by atoms with Crippen molar-refractivity contribution in [3.63, 3.8) is 0 Å². The molecule has 0 saturated heterocycles. The van der Waals surface area contributed by atoms with E-state index in [-0.39, 0.29) is 5.91 Å². The van der Waals surface area contributed by atoms with Crippen LogP contribution in [0.1, 0.15) is 23.1 Å². The van der Waals surface area contributed by atoms with Crippen LogP contribution in [0.25, 0.3) is 11.1 Å². The van der Waals surface area contributed by atoms with Gasteiger partial charge in [0.15, 0.2) is 0 Å². The summed E-state index contributed by atoms with van der Waals surface area (Å²) in [5.41, 5.74) is 5.78. The predicted octanol–water partition coefficient (Wildman–Crippen LogP) is 4.31. The first-order chi connectivity index (χ1) is 12.2. The van der Waals surface area contributed by atoms with Gasteiger partial charge < -0.3 is 5.32 Å². The fourth-order valence-electron chi connectivity index (χ4n) is 2.74. The number of nitrogens with one attached hydrogen (secondary N) is 1. The maximum atomic E-state index is 12.1. The number of pyridine rings is 1. The Morgan fingerprint density at radius 1 is 0.960 bits per heavy atom. The average molecular weight is 330 g/mol. The molecule has 0 atom stereocenters. The van der Waals surface area contributed by atoms with Gasteiger partial charge in [-0.1, -0.05) is 54.6 Å². The molecule has 2 aromatic carbocycles. The zero-order valence-electron chi connectivity index (χ0n) is 14.4. The first-order valence-electron chi connectivity index (χ1n) is 8.53. The number of carbonyl (C=O) groups is 1. The van der Waals surface area contributed by atoms with Gasteiger partial charge in [0.05, 0.1) is 0 Å². The molecule has 0 spiro atoms. The van der Waals surface area contributed by atoms with Crippen molar-refractivity contribution >= 4 is 5.91 Å². The van der Waals surface area contributed by atoms with Crippen molar-refractivity contribution in [1.82, 2.24) is 10.3 Å². The maximum Gasteiger partial charge on any atom is 0.220 e. The summed E-state index contributed by atoms with van der Waals surface area (Å²) in [5.74, 6) is 0.0725. The topological polar surface area (TPSA) is 42.0 Å². The van der Waals surface area contributed by atoms with Crippen molar-refractivity contribution in [2.75, 3.05) is 0 Å². The van der Waals surface area contributed by atoms with E-state index < -0.39 is 0 Å². The third kappa shape index (κ3) is 4.77. The molecule has 1 aromatic heterocycles. The second-order valence-electron chi connectivity index (χ2n) is 6.14. The van der Waals surface area contributed by atoms with Crippen molar-refractivity contribution in [1.29, 1.82) is 0 Å². The van der Waals surface area contributed by atoms with Crippen LogP contribution in [-0.2, 0) is 17.8 Å². The number of carbonyl (C=O) groups excluding carboxylic acids is 1. The van der Waals surface area contributed by atoms with Gasteiger partial charge in [-0.05, 0) is 47.2 Å². The molecule has 0 fully saturated rings.